The Balaban J connectivity index is 4.02. The fourth-order valence-corrected chi connectivity index (χ4v) is 1.06. The Hall–Kier alpha value is -1.10. The van der Waals surface area contributed by atoms with Crippen LogP contribution in [0.25, 0.3) is 0 Å². The molecule has 94 valence electrons. The number of carbonyl (C=O) groups is 2. The summed E-state index contributed by atoms with van der Waals surface area (Å²) in [7, 11) is 0. The van der Waals surface area contributed by atoms with Crippen molar-refractivity contribution in [2.45, 2.75) is 52.2 Å². The molecule has 2 N–H and O–H groups in total. The van der Waals surface area contributed by atoms with Gasteiger partial charge in [-0.2, -0.15) is 0 Å². The molecule has 0 rings (SSSR count). The third-order valence-corrected chi connectivity index (χ3v) is 1.79. The molecule has 0 aromatic rings. The molecule has 0 aliphatic carbocycles. The molecule has 5 heteroatoms. The van der Waals surface area contributed by atoms with E-state index in [-0.39, 0.29) is 12.4 Å². The van der Waals surface area contributed by atoms with Gasteiger partial charge in [-0.3, -0.25) is 0 Å². The van der Waals surface area contributed by atoms with Crippen LogP contribution >= 0.6 is 0 Å². The third-order valence-electron chi connectivity index (χ3n) is 1.79. The summed E-state index contributed by atoms with van der Waals surface area (Å²) in [6, 6.07) is -0.432. The Morgan fingerprint density at radius 2 is 1.94 bits per heavy atom. The minimum absolute atomic E-state index is 0.0319. The lowest BCUT2D eigenvalue weighted by atomic mass is 10.1. The monoisotopic (exact) mass is 231 g/mol. The van der Waals surface area contributed by atoms with Gasteiger partial charge >= 0.3 is 6.09 Å². The zero-order valence-electron chi connectivity index (χ0n) is 10.4. The predicted molar refractivity (Wildman–Crippen MR) is 60.2 cm³/mol. The standard InChI is InChI=1S/C11H21NO4/c1-8(14)5-6-9(7-13)12-10(15)16-11(2,3)4/h9,13H,5-7H2,1-4H3,(H,12,15)/t9-/m1/s1. The summed E-state index contributed by atoms with van der Waals surface area (Å²) in [5.41, 5.74) is -0.565. The van der Waals surface area contributed by atoms with Crippen molar-refractivity contribution in [1.29, 1.82) is 0 Å². The third kappa shape index (κ3) is 8.23. The van der Waals surface area contributed by atoms with Crippen LogP contribution in [0.2, 0.25) is 0 Å². The molecule has 0 unspecified atom stereocenters. The second-order valence-corrected chi connectivity index (χ2v) is 4.77. The lowest BCUT2D eigenvalue weighted by molar-refractivity contribution is -0.117. The van der Waals surface area contributed by atoms with Gasteiger partial charge in [0.15, 0.2) is 0 Å². The fraction of sp³-hybridized carbons (Fsp3) is 0.818. The predicted octanol–water partition coefficient (Wildman–Crippen LogP) is 1.24. The number of amides is 1. The molecular weight excluding hydrogens is 210 g/mol. The van der Waals surface area contributed by atoms with E-state index in [4.69, 9.17) is 9.84 Å². The maximum absolute atomic E-state index is 11.3. The van der Waals surface area contributed by atoms with E-state index in [0.717, 1.165) is 0 Å². The number of ether oxygens (including phenoxy) is 1. The number of alkyl carbamates (subject to hydrolysis) is 1. The minimum Gasteiger partial charge on any atom is -0.444 e. The van der Waals surface area contributed by atoms with Gasteiger partial charge in [-0.1, -0.05) is 0 Å². The molecule has 0 aliphatic heterocycles. The summed E-state index contributed by atoms with van der Waals surface area (Å²) >= 11 is 0. The van der Waals surface area contributed by atoms with E-state index in [9.17, 15) is 9.59 Å². The highest BCUT2D eigenvalue weighted by atomic mass is 16.6. The van der Waals surface area contributed by atoms with Gasteiger partial charge in [0.05, 0.1) is 12.6 Å². The number of aliphatic hydroxyl groups excluding tert-OH is 1. The van der Waals surface area contributed by atoms with Gasteiger partial charge in [0.1, 0.15) is 11.4 Å². The Labute approximate surface area is 96.2 Å². The van der Waals surface area contributed by atoms with Crippen LogP contribution in [-0.4, -0.2) is 35.2 Å². The van der Waals surface area contributed by atoms with Crippen LogP contribution < -0.4 is 5.32 Å². The molecule has 0 bridgehead atoms. The summed E-state index contributed by atoms with van der Waals surface area (Å²) in [6.07, 6.45) is 0.182. The highest BCUT2D eigenvalue weighted by Gasteiger charge is 2.19. The maximum Gasteiger partial charge on any atom is 0.407 e. The van der Waals surface area contributed by atoms with Crippen molar-refractivity contribution >= 4 is 11.9 Å². The molecule has 5 nitrogen and oxygen atoms in total. The Bertz CT molecular complexity index is 245. The summed E-state index contributed by atoms with van der Waals surface area (Å²) in [4.78, 5) is 22.1. The zero-order chi connectivity index (χ0) is 12.8. The van der Waals surface area contributed by atoms with Gasteiger partial charge in [0.25, 0.3) is 0 Å². The number of nitrogens with one attached hydrogen (secondary N) is 1. The highest BCUT2D eigenvalue weighted by molar-refractivity contribution is 5.75. The molecule has 0 fully saturated rings. The number of hydrogen-bond acceptors (Lipinski definition) is 4. The molecule has 1 atom stereocenters. The van der Waals surface area contributed by atoms with Crippen LogP contribution in [0, 0.1) is 0 Å². The van der Waals surface area contributed by atoms with Gasteiger partial charge in [-0.25, -0.2) is 4.79 Å². The van der Waals surface area contributed by atoms with Crippen LogP contribution in [0.15, 0.2) is 0 Å². The van der Waals surface area contributed by atoms with Crippen LogP contribution in [0.5, 0.6) is 0 Å². The molecule has 0 aliphatic rings. The first-order valence-electron chi connectivity index (χ1n) is 5.34. The van der Waals surface area contributed by atoms with Crippen molar-refractivity contribution in [2.75, 3.05) is 6.61 Å². The fourth-order valence-electron chi connectivity index (χ4n) is 1.06. The smallest absolute Gasteiger partial charge is 0.407 e. The second-order valence-electron chi connectivity index (χ2n) is 4.77. The summed E-state index contributed by atoms with van der Waals surface area (Å²) in [5.74, 6) is 0.0319. The number of hydrogen-bond donors (Lipinski definition) is 2. The molecule has 0 radical (unpaired) electrons. The molecule has 0 aromatic carbocycles. The van der Waals surface area contributed by atoms with Gasteiger partial charge in [0.2, 0.25) is 0 Å². The second kappa shape index (κ2) is 6.48. The van der Waals surface area contributed by atoms with Gasteiger partial charge in [-0.05, 0) is 34.1 Å². The van der Waals surface area contributed by atoms with Crippen molar-refractivity contribution in [3.05, 3.63) is 0 Å². The normalized spacial score (nSPS) is 13.1. The lowest BCUT2D eigenvalue weighted by Crippen LogP contribution is -2.41. The van der Waals surface area contributed by atoms with Crippen molar-refractivity contribution in [1.82, 2.24) is 5.32 Å². The van der Waals surface area contributed by atoms with Crippen molar-refractivity contribution in [3.8, 4) is 0 Å². The van der Waals surface area contributed by atoms with E-state index in [2.05, 4.69) is 5.32 Å². The number of rotatable bonds is 5. The first kappa shape index (κ1) is 14.9. The van der Waals surface area contributed by atoms with Crippen molar-refractivity contribution in [3.63, 3.8) is 0 Å². The van der Waals surface area contributed by atoms with E-state index in [1.807, 2.05) is 0 Å². The molecular formula is C11H21NO4. The molecule has 0 saturated carbocycles. The Kier molecular flexibility index (Phi) is 6.03. The number of carbonyl (C=O) groups excluding carboxylic acids is 2. The largest absolute Gasteiger partial charge is 0.444 e. The Morgan fingerprint density at radius 1 is 1.38 bits per heavy atom. The molecule has 0 heterocycles. The minimum atomic E-state index is -0.574. The first-order valence-corrected chi connectivity index (χ1v) is 5.34. The average Bonchev–Trinajstić information content (AvgIpc) is 2.08. The van der Waals surface area contributed by atoms with Crippen molar-refractivity contribution < 1.29 is 19.4 Å². The average molecular weight is 231 g/mol. The van der Waals surface area contributed by atoms with E-state index in [1.165, 1.54) is 6.92 Å². The maximum atomic E-state index is 11.3. The van der Waals surface area contributed by atoms with Gasteiger partial charge in [0, 0.05) is 6.42 Å². The lowest BCUT2D eigenvalue weighted by Gasteiger charge is -2.22. The number of Topliss-reactive ketones (excluding diaryl/α,β-unsaturated/α-hetero) is 1. The van der Waals surface area contributed by atoms with Crippen molar-refractivity contribution in [2.24, 2.45) is 0 Å². The van der Waals surface area contributed by atoms with Crippen LogP contribution in [0.3, 0.4) is 0 Å². The molecule has 0 aromatic heterocycles. The van der Waals surface area contributed by atoms with Crippen LogP contribution in [0.4, 0.5) is 4.79 Å². The molecule has 1 amide bonds. The highest BCUT2D eigenvalue weighted by Crippen LogP contribution is 2.07. The molecule has 16 heavy (non-hydrogen) atoms. The van der Waals surface area contributed by atoms with Crippen LogP contribution in [-0.2, 0) is 9.53 Å². The number of ketones is 1. The quantitative estimate of drug-likeness (QED) is 0.746. The SMILES string of the molecule is CC(=O)CC[C@H](CO)NC(=O)OC(C)(C)C. The summed E-state index contributed by atoms with van der Waals surface area (Å²) < 4.78 is 5.03. The van der Waals surface area contributed by atoms with Gasteiger partial charge in [-0.15, -0.1) is 0 Å². The molecule has 0 saturated heterocycles. The van der Waals surface area contributed by atoms with Gasteiger partial charge < -0.3 is 20.0 Å². The molecule has 0 spiro atoms. The summed E-state index contributed by atoms with van der Waals surface area (Å²) in [5, 5.41) is 11.5. The van der Waals surface area contributed by atoms with E-state index in [0.29, 0.717) is 12.8 Å². The van der Waals surface area contributed by atoms with Crippen LogP contribution in [0.1, 0.15) is 40.5 Å². The van der Waals surface area contributed by atoms with E-state index < -0.39 is 17.7 Å². The zero-order valence-corrected chi connectivity index (χ0v) is 10.4. The number of aliphatic hydroxyl groups is 1. The first-order chi connectivity index (χ1) is 7.24. The topological polar surface area (TPSA) is 75.6 Å². The van der Waals surface area contributed by atoms with E-state index in [1.54, 1.807) is 20.8 Å². The summed E-state index contributed by atoms with van der Waals surface area (Å²) in [6.45, 7) is 6.55. The van der Waals surface area contributed by atoms with E-state index >= 15 is 0 Å². The Morgan fingerprint density at radius 3 is 2.31 bits per heavy atom.